The minimum absolute atomic E-state index is 0.0511. The fraction of sp³-hybridized carbons (Fsp3) is 0.364. The summed E-state index contributed by atoms with van der Waals surface area (Å²) >= 11 is 7.27. The van der Waals surface area contributed by atoms with E-state index in [1.165, 1.54) is 11.8 Å². The van der Waals surface area contributed by atoms with E-state index in [1.807, 2.05) is 31.3 Å². The molecule has 0 unspecified atom stereocenters. The van der Waals surface area contributed by atoms with Gasteiger partial charge in [0.05, 0.1) is 5.75 Å². The lowest BCUT2D eigenvalue weighted by molar-refractivity contribution is -0.118. The molecule has 0 atom stereocenters. The van der Waals surface area contributed by atoms with Crippen molar-refractivity contribution in [3.63, 3.8) is 0 Å². The van der Waals surface area contributed by atoms with Crippen LogP contribution in [0, 0.1) is 0 Å². The third kappa shape index (κ3) is 5.39. The lowest BCUT2D eigenvalue weighted by Gasteiger charge is -2.04. The quantitative estimate of drug-likeness (QED) is 0.604. The Morgan fingerprint density at radius 3 is 2.62 bits per heavy atom. The second-order valence-corrected chi connectivity index (χ2v) is 4.68. The van der Waals surface area contributed by atoms with Crippen molar-refractivity contribution in [2.45, 2.75) is 4.90 Å². The molecule has 0 aliphatic rings. The molecule has 1 aromatic carbocycles. The van der Waals surface area contributed by atoms with Crippen LogP contribution in [0.1, 0.15) is 0 Å². The topological polar surface area (TPSA) is 41.1 Å². The standard InChI is InChI=1S/C11H15ClN2OS/c1-13-6-7-14-11(15)8-16-10-4-2-9(12)3-5-10/h2-5,13H,6-8H2,1H3,(H,14,15). The van der Waals surface area contributed by atoms with Crippen LogP contribution in [0.3, 0.4) is 0 Å². The summed E-state index contributed by atoms with van der Waals surface area (Å²) in [5.74, 6) is 0.487. The van der Waals surface area contributed by atoms with E-state index in [-0.39, 0.29) is 5.91 Å². The average Bonchev–Trinajstić information content (AvgIpc) is 2.29. The number of nitrogens with one attached hydrogen (secondary N) is 2. The zero-order valence-corrected chi connectivity index (χ0v) is 10.7. The SMILES string of the molecule is CNCCNC(=O)CSc1ccc(Cl)cc1. The molecule has 16 heavy (non-hydrogen) atoms. The van der Waals surface area contributed by atoms with Gasteiger partial charge in [-0.05, 0) is 31.3 Å². The summed E-state index contributed by atoms with van der Waals surface area (Å²) in [6.45, 7) is 1.45. The Kier molecular flexibility index (Phi) is 6.30. The Morgan fingerprint density at radius 2 is 2.00 bits per heavy atom. The van der Waals surface area contributed by atoms with Gasteiger partial charge in [0, 0.05) is 23.0 Å². The van der Waals surface area contributed by atoms with Gasteiger partial charge >= 0.3 is 0 Å². The summed E-state index contributed by atoms with van der Waals surface area (Å²) in [4.78, 5) is 12.4. The Bertz CT molecular complexity index is 329. The van der Waals surface area contributed by atoms with Crippen LogP contribution < -0.4 is 10.6 Å². The van der Waals surface area contributed by atoms with Crippen LogP contribution in [0.5, 0.6) is 0 Å². The van der Waals surface area contributed by atoms with E-state index >= 15 is 0 Å². The highest BCUT2D eigenvalue weighted by Gasteiger charge is 2.01. The molecule has 1 amide bonds. The largest absolute Gasteiger partial charge is 0.354 e. The molecule has 0 aromatic heterocycles. The van der Waals surface area contributed by atoms with Crippen LogP contribution in [-0.4, -0.2) is 31.8 Å². The zero-order chi connectivity index (χ0) is 11.8. The molecule has 1 aromatic rings. The molecule has 88 valence electrons. The molecule has 0 fully saturated rings. The molecule has 3 nitrogen and oxygen atoms in total. The number of hydrogen-bond acceptors (Lipinski definition) is 3. The highest BCUT2D eigenvalue weighted by Crippen LogP contribution is 2.19. The third-order valence-electron chi connectivity index (χ3n) is 1.88. The summed E-state index contributed by atoms with van der Waals surface area (Å²) in [7, 11) is 1.86. The number of thioether (sulfide) groups is 1. The number of benzene rings is 1. The Morgan fingerprint density at radius 1 is 1.31 bits per heavy atom. The van der Waals surface area contributed by atoms with Crippen LogP contribution in [-0.2, 0) is 4.79 Å². The molecule has 0 bridgehead atoms. The van der Waals surface area contributed by atoms with Crippen LogP contribution in [0.15, 0.2) is 29.2 Å². The number of halogens is 1. The lowest BCUT2D eigenvalue weighted by Crippen LogP contribution is -2.31. The molecule has 1 rings (SSSR count). The first-order valence-corrected chi connectivity index (χ1v) is 6.38. The molecule has 0 spiro atoms. The van der Waals surface area contributed by atoms with Crippen molar-refractivity contribution in [3.8, 4) is 0 Å². The van der Waals surface area contributed by atoms with E-state index in [0.29, 0.717) is 17.3 Å². The molecular weight excluding hydrogens is 244 g/mol. The van der Waals surface area contributed by atoms with Gasteiger partial charge in [-0.15, -0.1) is 11.8 Å². The maximum atomic E-state index is 11.4. The number of rotatable bonds is 6. The Hall–Kier alpha value is -0.710. The first-order chi connectivity index (χ1) is 7.72. The van der Waals surface area contributed by atoms with E-state index in [1.54, 1.807) is 0 Å². The van der Waals surface area contributed by atoms with Crippen LogP contribution in [0.25, 0.3) is 0 Å². The molecule has 0 saturated heterocycles. The van der Waals surface area contributed by atoms with Crippen molar-refractivity contribution in [1.29, 1.82) is 0 Å². The first kappa shape index (κ1) is 13.4. The van der Waals surface area contributed by atoms with Crippen molar-refractivity contribution in [3.05, 3.63) is 29.3 Å². The highest BCUT2D eigenvalue weighted by molar-refractivity contribution is 8.00. The minimum atomic E-state index is 0.0511. The Balaban J connectivity index is 2.23. The molecule has 5 heteroatoms. The van der Waals surface area contributed by atoms with Crippen molar-refractivity contribution < 1.29 is 4.79 Å². The van der Waals surface area contributed by atoms with Crippen molar-refractivity contribution in [2.24, 2.45) is 0 Å². The van der Waals surface area contributed by atoms with E-state index in [9.17, 15) is 4.79 Å². The van der Waals surface area contributed by atoms with E-state index in [2.05, 4.69) is 10.6 Å². The smallest absolute Gasteiger partial charge is 0.230 e. The molecule has 0 heterocycles. The second kappa shape index (κ2) is 7.54. The predicted molar refractivity (Wildman–Crippen MR) is 69.1 cm³/mol. The number of carbonyl (C=O) groups is 1. The molecular formula is C11H15ClN2OS. The van der Waals surface area contributed by atoms with Crippen LogP contribution >= 0.6 is 23.4 Å². The second-order valence-electron chi connectivity index (χ2n) is 3.20. The van der Waals surface area contributed by atoms with Gasteiger partial charge in [0.15, 0.2) is 0 Å². The van der Waals surface area contributed by atoms with Gasteiger partial charge in [0.1, 0.15) is 0 Å². The number of hydrogen-bond donors (Lipinski definition) is 2. The van der Waals surface area contributed by atoms with E-state index < -0.39 is 0 Å². The summed E-state index contributed by atoms with van der Waals surface area (Å²) < 4.78 is 0. The van der Waals surface area contributed by atoms with Gasteiger partial charge in [-0.3, -0.25) is 4.79 Å². The molecule has 0 radical (unpaired) electrons. The zero-order valence-electron chi connectivity index (χ0n) is 9.13. The van der Waals surface area contributed by atoms with Crippen molar-refractivity contribution in [2.75, 3.05) is 25.9 Å². The summed E-state index contributed by atoms with van der Waals surface area (Å²) in [5, 5.41) is 6.49. The minimum Gasteiger partial charge on any atom is -0.354 e. The third-order valence-corrected chi connectivity index (χ3v) is 3.14. The van der Waals surface area contributed by atoms with Gasteiger partial charge in [-0.1, -0.05) is 11.6 Å². The van der Waals surface area contributed by atoms with Crippen LogP contribution in [0.4, 0.5) is 0 Å². The summed E-state index contributed by atoms with van der Waals surface area (Å²) in [5.41, 5.74) is 0. The highest BCUT2D eigenvalue weighted by atomic mass is 35.5. The average molecular weight is 259 g/mol. The number of carbonyl (C=O) groups excluding carboxylic acids is 1. The van der Waals surface area contributed by atoms with Gasteiger partial charge < -0.3 is 10.6 Å². The molecule has 0 aliphatic carbocycles. The van der Waals surface area contributed by atoms with Crippen molar-refractivity contribution >= 4 is 29.3 Å². The summed E-state index contributed by atoms with van der Waals surface area (Å²) in [6.07, 6.45) is 0. The Labute approximate surface area is 105 Å². The van der Waals surface area contributed by atoms with E-state index in [0.717, 1.165) is 11.4 Å². The van der Waals surface area contributed by atoms with Crippen molar-refractivity contribution in [1.82, 2.24) is 10.6 Å². The molecule has 0 aliphatic heterocycles. The fourth-order valence-corrected chi connectivity index (χ4v) is 1.91. The van der Waals surface area contributed by atoms with E-state index in [4.69, 9.17) is 11.6 Å². The lowest BCUT2D eigenvalue weighted by atomic mass is 10.4. The first-order valence-electron chi connectivity index (χ1n) is 5.02. The fourth-order valence-electron chi connectivity index (χ4n) is 1.06. The molecule has 0 saturated carbocycles. The number of likely N-dealkylation sites (N-methyl/N-ethyl adjacent to an activating group) is 1. The normalized spacial score (nSPS) is 10.1. The maximum Gasteiger partial charge on any atom is 0.230 e. The van der Waals surface area contributed by atoms with Gasteiger partial charge in [-0.25, -0.2) is 0 Å². The summed E-state index contributed by atoms with van der Waals surface area (Å²) in [6, 6.07) is 7.47. The molecule has 2 N–H and O–H groups in total. The monoisotopic (exact) mass is 258 g/mol. The van der Waals surface area contributed by atoms with Crippen LogP contribution in [0.2, 0.25) is 5.02 Å². The number of amides is 1. The van der Waals surface area contributed by atoms with Gasteiger partial charge in [0.2, 0.25) is 5.91 Å². The maximum absolute atomic E-state index is 11.4. The van der Waals surface area contributed by atoms with Gasteiger partial charge in [-0.2, -0.15) is 0 Å². The van der Waals surface area contributed by atoms with Gasteiger partial charge in [0.25, 0.3) is 0 Å². The predicted octanol–water partition coefficient (Wildman–Crippen LogP) is 1.77.